The number of hydrogen-bond acceptors (Lipinski definition) is 3. The molecule has 4 nitrogen and oxygen atoms in total. The van der Waals surface area contributed by atoms with E-state index in [0.717, 1.165) is 13.1 Å². The van der Waals surface area contributed by atoms with Crippen molar-refractivity contribution in [2.45, 2.75) is 58.0 Å². The molecule has 0 aromatic heterocycles. The lowest BCUT2D eigenvalue weighted by molar-refractivity contribution is -0.122. The van der Waals surface area contributed by atoms with Gasteiger partial charge in [0.2, 0.25) is 5.91 Å². The molecule has 19 heavy (non-hydrogen) atoms. The zero-order valence-corrected chi connectivity index (χ0v) is 12.7. The molecule has 0 aromatic rings. The Balaban J connectivity index is 1.68. The van der Waals surface area contributed by atoms with Crippen LogP contribution in [-0.4, -0.2) is 49.6 Å². The molecular formula is C15H29N3O. The van der Waals surface area contributed by atoms with E-state index in [2.05, 4.69) is 29.4 Å². The summed E-state index contributed by atoms with van der Waals surface area (Å²) in [6.45, 7) is 7.39. The van der Waals surface area contributed by atoms with E-state index >= 15 is 0 Å². The first-order valence-corrected chi connectivity index (χ1v) is 7.67. The smallest absolute Gasteiger partial charge is 0.233 e. The molecule has 0 radical (unpaired) electrons. The highest BCUT2D eigenvalue weighted by molar-refractivity contribution is 5.77. The minimum absolute atomic E-state index is 0.129. The number of rotatable bonds is 4. The molecule has 0 bridgehead atoms. The molecule has 1 unspecified atom stereocenters. The van der Waals surface area contributed by atoms with E-state index in [-0.39, 0.29) is 5.91 Å². The Kier molecular flexibility index (Phi) is 4.85. The highest BCUT2D eigenvalue weighted by atomic mass is 16.1. The molecular weight excluding hydrogens is 238 g/mol. The zero-order valence-electron chi connectivity index (χ0n) is 12.7. The van der Waals surface area contributed by atoms with Crippen molar-refractivity contribution in [2.24, 2.45) is 5.41 Å². The lowest BCUT2D eigenvalue weighted by Gasteiger charge is -2.33. The van der Waals surface area contributed by atoms with Gasteiger partial charge < -0.3 is 10.6 Å². The number of likely N-dealkylation sites (N-methyl/N-ethyl adjacent to an activating group) is 1. The summed E-state index contributed by atoms with van der Waals surface area (Å²) in [5.41, 5.74) is 0.525. The third-order valence-electron chi connectivity index (χ3n) is 4.67. The number of nitrogens with zero attached hydrogens (tertiary/aromatic N) is 1. The zero-order chi connectivity index (χ0) is 13.9. The van der Waals surface area contributed by atoms with Crippen LogP contribution in [0.5, 0.6) is 0 Å². The number of likely N-dealkylation sites (tertiary alicyclic amines) is 1. The summed E-state index contributed by atoms with van der Waals surface area (Å²) >= 11 is 0. The van der Waals surface area contributed by atoms with Crippen LogP contribution in [0.25, 0.3) is 0 Å². The van der Waals surface area contributed by atoms with Crippen LogP contribution in [0.2, 0.25) is 0 Å². The summed E-state index contributed by atoms with van der Waals surface area (Å²) in [5, 5.41) is 6.53. The quantitative estimate of drug-likeness (QED) is 0.808. The van der Waals surface area contributed by atoms with Gasteiger partial charge in [0.25, 0.3) is 0 Å². The van der Waals surface area contributed by atoms with Gasteiger partial charge in [-0.1, -0.05) is 13.8 Å². The van der Waals surface area contributed by atoms with Crippen LogP contribution < -0.4 is 10.6 Å². The first-order chi connectivity index (χ1) is 8.98. The molecule has 2 N–H and O–H groups in total. The van der Waals surface area contributed by atoms with Gasteiger partial charge in [-0.25, -0.2) is 0 Å². The topological polar surface area (TPSA) is 44.4 Å². The average molecular weight is 267 g/mol. The van der Waals surface area contributed by atoms with Crippen molar-refractivity contribution in [3.8, 4) is 0 Å². The fourth-order valence-corrected chi connectivity index (χ4v) is 3.45. The molecule has 2 fully saturated rings. The fourth-order valence-electron chi connectivity index (χ4n) is 3.45. The van der Waals surface area contributed by atoms with Gasteiger partial charge >= 0.3 is 0 Å². The van der Waals surface area contributed by atoms with Gasteiger partial charge in [0.05, 0.1) is 6.54 Å². The molecule has 110 valence electrons. The first-order valence-electron chi connectivity index (χ1n) is 7.67. The maximum Gasteiger partial charge on any atom is 0.233 e. The Morgan fingerprint density at radius 2 is 1.89 bits per heavy atom. The van der Waals surface area contributed by atoms with E-state index in [9.17, 15) is 4.79 Å². The van der Waals surface area contributed by atoms with E-state index in [0.29, 0.717) is 24.0 Å². The summed E-state index contributed by atoms with van der Waals surface area (Å²) in [6.07, 6.45) is 6.33. The first kappa shape index (κ1) is 14.8. The normalized spacial score (nSPS) is 28.5. The summed E-state index contributed by atoms with van der Waals surface area (Å²) in [4.78, 5) is 13.6. The van der Waals surface area contributed by atoms with E-state index in [1.807, 2.05) is 0 Å². The molecule has 1 amide bonds. The van der Waals surface area contributed by atoms with Crippen LogP contribution in [0.15, 0.2) is 0 Å². The molecule has 1 aliphatic carbocycles. The molecule has 1 saturated carbocycles. The van der Waals surface area contributed by atoms with Crippen LogP contribution in [0.1, 0.15) is 46.0 Å². The summed E-state index contributed by atoms with van der Waals surface area (Å²) in [7, 11) is 1.71. The van der Waals surface area contributed by atoms with Crippen molar-refractivity contribution in [1.29, 1.82) is 0 Å². The Morgan fingerprint density at radius 1 is 1.21 bits per heavy atom. The van der Waals surface area contributed by atoms with Crippen molar-refractivity contribution in [2.75, 3.05) is 26.7 Å². The third-order valence-corrected chi connectivity index (χ3v) is 4.67. The molecule has 1 heterocycles. The Labute approximate surface area is 117 Å². The standard InChI is InChI=1S/C15H29N3O/c1-15(2)7-4-13(10-15)17-12-5-8-18(9-6-12)11-14(19)16-3/h12-13,17H,4-11H2,1-3H3,(H,16,19). The second-order valence-electron chi connectivity index (χ2n) is 6.99. The van der Waals surface area contributed by atoms with Gasteiger partial charge in [-0.15, -0.1) is 0 Å². The van der Waals surface area contributed by atoms with Crippen LogP contribution >= 0.6 is 0 Å². The van der Waals surface area contributed by atoms with E-state index in [1.165, 1.54) is 32.1 Å². The molecule has 1 aliphatic heterocycles. The average Bonchev–Trinajstić information content (AvgIpc) is 2.71. The van der Waals surface area contributed by atoms with Gasteiger partial charge in [0.15, 0.2) is 0 Å². The summed E-state index contributed by atoms with van der Waals surface area (Å²) in [6, 6.07) is 1.37. The van der Waals surface area contributed by atoms with Gasteiger partial charge in [-0.2, -0.15) is 0 Å². The van der Waals surface area contributed by atoms with E-state index < -0.39 is 0 Å². The highest BCUT2D eigenvalue weighted by Crippen LogP contribution is 2.37. The number of carbonyl (C=O) groups excluding carboxylic acids is 1. The van der Waals surface area contributed by atoms with Gasteiger partial charge in [0, 0.05) is 32.2 Å². The highest BCUT2D eigenvalue weighted by Gasteiger charge is 2.32. The van der Waals surface area contributed by atoms with Crippen molar-refractivity contribution < 1.29 is 4.79 Å². The second-order valence-corrected chi connectivity index (χ2v) is 6.99. The largest absolute Gasteiger partial charge is 0.358 e. The maximum atomic E-state index is 11.3. The summed E-state index contributed by atoms with van der Waals surface area (Å²) < 4.78 is 0. The lowest BCUT2D eigenvalue weighted by atomic mass is 9.91. The van der Waals surface area contributed by atoms with Crippen LogP contribution in [0.4, 0.5) is 0 Å². The van der Waals surface area contributed by atoms with Crippen LogP contribution in [0, 0.1) is 5.41 Å². The SMILES string of the molecule is CNC(=O)CN1CCC(NC2CCC(C)(C)C2)CC1. The third kappa shape index (κ3) is 4.46. The monoisotopic (exact) mass is 267 g/mol. The van der Waals surface area contributed by atoms with E-state index in [1.54, 1.807) is 7.05 Å². The van der Waals surface area contributed by atoms with Crippen LogP contribution in [-0.2, 0) is 4.79 Å². The molecule has 4 heteroatoms. The van der Waals surface area contributed by atoms with Gasteiger partial charge in [-0.05, 0) is 37.5 Å². The second kappa shape index (κ2) is 6.23. The number of hydrogen-bond donors (Lipinski definition) is 2. The number of nitrogens with one attached hydrogen (secondary N) is 2. The van der Waals surface area contributed by atoms with Gasteiger partial charge in [0.1, 0.15) is 0 Å². The summed E-state index contributed by atoms with van der Waals surface area (Å²) in [5.74, 6) is 0.129. The number of piperidine rings is 1. The van der Waals surface area contributed by atoms with Crippen molar-refractivity contribution in [3.05, 3.63) is 0 Å². The van der Waals surface area contributed by atoms with Crippen molar-refractivity contribution in [1.82, 2.24) is 15.5 Å². The maximum absolute atomic E-state index is 11.3. The predicted octanol–water partition coefficient (Wildman–Crippen LogP) is 1.37. The van der Waals surface area contributed by atoms with Crippen molar-refractivity contribution in [3.63, 3.8) is 0 Å². The molecule has 1 atom stereocenters. The number of amides is 1. The van der Waals surface area contributed by atoms with E-state index in [4.69, 9.17) is 0 Å². The lowest BCUT2D eigenvalue weighted by Crippen LogP contribution is -2.47. The molecule has 1 saturated heterocycles. The Morgan fingerprint density at radius 3 is 2.42 bits per heavy atom. The molecule has 0 spiro atoms. The Hall–Kier alpha value is -0.610. The van der Waals surface area contributed by atoms with Crippen LogP contribution in [0.3, 0.4) is 0 Å². The fraction of sp³-hybridized carbons (Fsp3) is 0.933. The van der Waals surface area contributed by atoms with Gasteiger partial charge in [-0.3, -0.25) is 9.69 Å². The minimum Gasteiger partial charge on any atom is -0.358 e. The minimum atomic E-state index is 0.129. The Bertz CT molecular complexity index is 309. The number of carbonyl (C=O) groups is 1. The molecule has 2 rings (SSSR count). The van der Waals surface area contributed by atoms with Crippen molar-refractivity contribution >= 4 is 5.91 Å². The predicted molar refractivity (Wildman–Crippen MR) is 78.1 cm³/mol. The molecule has 0 aromatic carbocycles. The molecule has 2 aliphatic rings.